The average molecular weight is 415 g/mol. The Kier molecular flexibility index (Phi) is 9.03. The molecule has 1 N–H and O–H groups in total. The van der Waals surface area contributed by atoms with E-state index < -0.39 is 5.91 Å². The van der Waals surface area contributed by atoms with Crippen LogP contribution in [0, 0.1) is 11.3 Å². The quantitative estimate of drug-likeness (QED) is 0.361. The van der Waals surface area contributed by atoms with Crippen LogP contribution in [0.2, 0.25) is 5.02 Å². The van der Waals surface area contributed by atoms with E-state index in [1.165, 1.54) is 13.2 Å². The largest absolute Gasteiger partial charge is 0.493 e. The van der Waals surface area contributed by atoms with E-state index >= 15 is 0 Å². The van der Waals surface area contributed by atoms with Gasteiger partial charge in [-0.2, -0.15) is 5.26 Å². The fraction of sp³-hybridized carbons (Fsp3) is 0.273. The van der Waals surface area contributed by atoms with Crippen molar-refractivity contribution in [2.24, 2.45) is 0 Å². The number of benzene rings is 2. The molecule has 2 aromatic rings. The van der Waals surface area contributed by atoms with Crippen LogP contribution in [0.3, 0.4) is 0 Å². The van der Waals surface area contributed by atoms with Gasteiger partial charge in [0.15, 0.2) is 11.5 Å². The van der Waals surface area contributed by atoms with Crippen molar-refractivity contribution < 1.29 is 19.0 Å². The number of nitrogens with one attached hydrogen (secondary N) is 1. The van der Waals surface area contributed by atoms with Crippen molar-refractivity contribution in [3.63, 3.8) is 0 Å². The Morgan fingerprint density at radius 3 is 2.59 bits per heavy atom. The second-order valence-corrected chi connectivity index (χ2v) is 6.53. The molecule has 0 heterocycles. The van der Waals surface area contributed by atoms with Crippen molar-refractivity contribution in [1.29, 1.82) is 5.26 Å². The van der Waals surface area contributed by atoms with Crippen LogP contribution in [-0.4, -0.2) is 33.3 Å². The number of carbonyl (C=O) groups is 1. The molecule has 6 nitrogen and oxygen atoms in total. The standard InChI is InChI=1S/C22H23ClN2O4/c1-27-11-3-10-25-22(26)18(14-24)12-17-6-9-20(21(13-17)28-2)29-15-16-4-7-19(23)8-5-16/h4-9,12-13H,3,10-11,15H2,1-2H3,(H,25,26). The van der Waals surface area contributed by atoms with Crippen molar-refractivity contribution >= 4 is 23.6 Å². The lowest BCUT2D eigenvalue weighted by Crippen LogP contribution is -2.26. The zero-order chi connectivity index (χ0) is 21.1. The summed E-state index contributed by atoms with van der Waals surface area (Å²) in [5.74, 6) is 0.637. The minimum absolute atomic E-state index is 0.0132. The number of rotatable bonds is 10. The van der Waals surface area contributed by atoms with Crippen LogP contribution in [0.25, 0.3) is 6.08 Å². The van der Waals surface area contributed by atoms with E-state index in [4.69, 9.17) is 25.8 Å². The molecule has 2 rings (SSSR count). The lowest BCUT2D eigenvalue weighted by molar-refractivity contribution is -0.117. The lowest BCUT2D eigenvalue weighted by atomic mass is 10.1. The van der Waals surface area contributed by atoms with Crippen LogP contribution in [0.1, 0.15) is 17.5 Å². The van der Waals surface area contributed by atoms with Gasteiger partial charge in [-0.15, -0.1) is 0 Å². The third-order valence-electron chi connectivity index (χ3n) is 3.98. The predicted octanol–water partition coefficient (Wildman–Crippen LogP) is 3.99. The highest BCUT2D eigenvalue weighted by atomic mass is 35.5. The molecule has 1 amide bonds. The third kappa shape index (κ3) is 7.15. The van der Waals surface area contributed by atoms with Gasteiger partial charge in [-0.1, -0.05) is 29.8 Å². The molecule has 29 heavy (non-hydrogen) atoms. The van der Waals surface area contributed by atoms with Gasteiger partial charge in [0.05, 0.1) is 7.11 Å². The van der Waals surface area contributed by atoms with E-state index in [9.17, 15) is 10.1 Å². The Morgan fingerprint density at radius 2 is 1.93 bits per heavy atom. The van der Waals surface area contributed by atoms with Crippen LogP contribution >= 0.6 is 11.6 Å². The average Bonchev–Trinajstić information content (AvgIpc) is 2.74. The Labute approximate surface area is 175 Å². The van der Waals surface area contributed by atoms with Gasteiger partial charge in [0.25, 0.3) is 5.91 Å². The van der Waals surface area contributed by atoms with Crippen LogP contribution in [0.5, 0.6) is 11.5 Å². The molecule has 0 aliphatic heterocycles. The van der Waals surface area contributed by atoms with Crippen LogP contribution in [0.4, 0.5) is 0 Å². The highest BCUT2D eigenvalue weighted by Crippen LogP contribution is 2.29. The normalized spacial score (nSPS) is 10.9. The molecule has 0 bridgehead atoms. The number of hydrogen-bond donors (Lipinski definition) is 1. The van der Waals surface area contributed by atoms with Gasteiger partial charge >= 0.3 is 0 Å². The summed E-state index contributed by atoms with van der Waals surface area (Å²) in [6, 6.07) is 14.5. The first-order valence-electron chi connectivity index (χ1n) is 9.01. The zero-order valence-electron chi connectivity index (χ0n) is 16.4. The molecule has 0 unspecified atom stereocenters. The van der Waals surface area contributed by atoms with E-state index in [2.05, 4.69) is 5.32 Å². The highest BCUT2D eigenvalue weighted by molar-refractivity contribution is 6.30. The van der Waals surface area contributed by atoms with E-state index in [0.717, 1.165) is 5.56 Å². The minimum Gasteiger partial charge on any atom is -0.493 e. The third-order valence-corrected chi connectivity index (χ3v) is 4.23. The van der Waals surface area contributed by atoms with Gasteiger partial charge in [0, 0.05) is 25.3 Å². The summed E-state index contributed by atoms with van der Waals surface area (Å²) in [5, 5.41) is 12.7. The molecule has 152 valence electrons. The number of nitrogens with zero attached hydrogens (tertiary/aromatic N) is 1. The number of nitriles is 1. The fourth-order valence-corrected chi connectivity index (χ4v) is 2.59. The van der Waals surface area contributed by atoms with Gasteiger partial charge in [0.2, 0.25) is 0 Å². The summed E-state index contributed by atoms with van der Waals surface area (Å²) in [6.07, 6.45) is 2.19. The highest BCUT2D eigenvalue weighted by Gasteiger charge is 2.10. The predicted molar refractivity (Wildman–Crippen MR) is 112 cm³/mol. The number of amides is 1. The Hall–Kier alpha value is -3.01. The fourth-order valence-electron chi connectivity index (χ4n) is 2.46. The molecule has 0 aliphatic carbocycles. The molecule has 0 aliphatic rings. The van der Waals surface area contributed by atoms with E-state index in [1.54, 1.807) is 37.4 Å². The first-order valence-corrected chi connectivity index (χ1v) is 9.39. The van der Waals surface area contributed by atoms with Crippen molar-refractivity contribution in [3.8, 4) is 17.6 Å². The Balaban J connectivity index is 2.07. The van der Waals surface area contributed by atoms with E-state index in [0.29, 0.717) is 48.3 Å². The van der Waals surface area contributed by atoms with Crippen molar-refractivity contribution in [1.82, 2.24) is 5.32 Å². The zero-order valence-corrected chi connectivity index (χ0v) is 17.2. The molecular weight excluding hydrogens is 392 g/mol. The maximum Gasteiger partial charge on any atom is 0.261 e. The number of ether oxygens (including phenoxy) is 3. The lowest BCUT2D eigenvalue weighted by Gasteiger charge is -2.12. The minimum atomic E-state index is -0.425. The van der Waals surface area contributed by atoms with Gasteiger partial charge < -0.3 is 19.5 Å². The smallest absolute Gasteiger partial charge is 0.261 e. The van der Waals surface area contributed by atoms with Gasteiger partial charge in [-0.25, -0.2) is 0 Å². The molecule has 2 aromatic carbocycles. The maximum atomic E-state index is 12.1. The van der Waals surface area contributed by atoms with Crippen LogP contribution in [0.15, 0.2) is 48.0 Å². The van der Waals surface area contributed by atoms with Gasteiger partial charge in [-0.3, -0.25) is 4.79 Å². The first-order chi connectivity index (χ1) is 14.1. The summed E-state index contributed by atoms with van der Waals surface area (Å²) in [5.41, 5.74) is 1.64. The van der Waals surface area contributed by atoms with Crippen LogP contribution < -0.4 is 14.8 Å². The van der Waals surface area contributed by atoms with E-state index in [-0.39, 0.29) is 5.57 Å². The molecule has 0 atom stereocenters. The first kappa shape index (κ1) is 22.3. The Bertz CT molecular complexity index is 889. The van der Waals surface area contributed by atoms with Crippen LogP contribution in [-0.2, 0) is 16.1 Å². The van der Waals surface area contributed by atoms with Gasteiger partial charge in [-0.05, 0) is 47.9 Å². The van der Waals surface area contributed by atoms with Crippen molar-refractivity contribution in [3.05, 3.63) is 64.2 Å². The molecule has 0 radical (unpaired) electrons. The molecular formula is C22H23ClN2O4. The number of carbonyl (C=O) groups excluding carboxylic acids is 1. The summed E-state index contributed by atoms with van der Waals surface area (Å²) in [6.45, 7) is 1.34. The summed E-state index contributed by atoms with van der Waals surface area (Å²) in [7, 11) is 3.13. The molecule has 0 spiro atoms. The van der Waals surface area contributed by atoms with E-state index in [1.807, 2.05) is 18.2 Å². The Morgan fingerprint density at radius 1 is 1.17 bits per heavy atom. The molecule has 0 saturated heterocycles. The summed E-state index contributed by atoms with van der Waals surface area (Å²) >= 11 is 5.89. The van der Waals surface area contributed by atoms with Crippen molar-refractivity contribution in [2.45, 2.75) is 13.0 Å². The second kappa shape index (κ2) is 11.7. The molecule has 7 heteroatoms. The number of halogens is 1. The summed E-state index contributed by atoms with van der Waals surface area (Å²) < 4.78 is 16.1. The maximum absolute atomic E-state index is 12.1. The molecule has 0 aromatic heterocycles. The molecule has 0 fully saturated rings. The van der Waals surface area contributed by atoms with Gasteiger partial charge in [0.1, 0.15) is 18.2 Å². The number of methoxy groups -OCH3 is 2. The topological polar surface area (TPSA) is 80.6 Å². The summed E-state index contributed by atoms with van der Waals surface area (Å²) in [4.78, 5) is 12.1. The van der Waals surface area contributed by atoms with Crippen molar-refractivity contribution in [2.75, 3.05) is 27.4 Å². The number of hydrogen-bond acceptors (Lipinski definition) is 5. The molecule has 0 saturated carbocycles. The monoisotopic (exact) mass is 414 g/mol. The second-order valence-electron chi connectivity index (χ2n) is 6.10. The SMILES string of the molecule is COCCCNC(=O)C(C#N)=Cc1ccc(OCc2ccc(Cl)cc2)c(OC)c1.